The standard InChI is InChI=1S/C17H21N3O3/c1-22-15-6-4-13(5-7-15)16-10-14(19-23-16)11-18-17(21)12-20-8-2-3-9-20/h4-7,10H,2-3,8-9,11-12H2,1H3,(H,18,21). The lowest BCUT2D eigenvalue weighted by Crippen LogP contribution is -2.35. The predicted molar refractivity (Wildman–Crippen MR) is 86.0 cm³/mol. The van der Waals surface area contributed by atoms with Crippen LogP contribution in [0, 0.1) is 0 Å². The van der Waals surface area contributed by atoms with E-state index in [0.717, 1.165) is 24.4 Å². The highest BCUT2D eigenvalue weighted by molar-refractivity contribution is 5.78. The Morgan fingerprint density at radius 3 is 2.74 bits per heavy atom. The number of methoxy groups -OCH3 is 1. The fraction of sp³-hybridized carbons (Fsp3) is 0.412. The molecule has 1 aromatic heterocycles. The fourth-order valence-electron chi connectivity index (χ4n) is 2.68. The lowest BCUT2D eigenvalue weighted by atomic mass is 10.1. The molecule has 1 amide bonds. The van der Waals surface area contributed by atoms with Crippen LogP contribution >= 0.6 is 0 Å². The molecule has 1 N–H and O–H groups in total. The quantitative estimate of drug-likeness (QED) is 0.884. The summed E-state index contributed by atoms with van der Waals surface area (Å²) in [5, 5.41) is 6.89. The number of rotatable bonds is 6. The molecule has 1 aliphatic heterocycles. The molecule has 1 fully saturated rings. The zero-order valence-electron chi connectivity index (χ0n) is 13.2. The maximum absolute atomic E-state index is 11.9. The number of hydrogen-bond acceptors (Lipinski definition) is 5. The van der Waals surface area contributed by atoms with Crippen LogP contribution in [0.15, 0.2) is 34.9 Å². The Bertz CT molecular complexity index is 645. The Balaban J connectivity index is 1.53. The van der Waals surface area contributed by atoms with Gasteiger partial charge in [0.05, 0.1) is 20.2 Å². The largest absolute Gasteiger partial charge is 0.497 e. The first-order chi connectivity index (χ1) is 11.2. The molecule has 0 spiro atoms. The van der Waals surface area contributed by atoms with E-state index in [1.54, 1.807) is 7.11 Å². The highest BCUT2D eigenvalue weighted by atomic mass is 16.5. The lowest BCUT2D eigenvalue weighted by molar-refractivity contribution is -0.122. The minimum atomic E-state index is 0.0286. The molecule has 1 aliphatic rings. The predicted octanol–water partition coefficient (Wildman–Crippen LogP) is 2.06. The van der Waals surface area contributed by atoms with Crippen molar-refractivity contribution in [3.63, 3.8) is 0 Å². The molecule has 0 unspecified atom stereocenters. The molecule has 1 saturated heterocycles. The topological polar surface area (TPSA) is 67.6 Å². The molecule has 0 bridgehead atoms. The van der Waals surface area contributed by atoms with Crippen LogP contribution in [0.3, 0.4) is 0 Å². The summed E-state index contributed by atoms with van der Waals surface area (Å²) in [6, 6.07) is 9.41. The van der Waals surface area contributed by atoms with Crippen molar-refractivity contribution >= 4 is 5.91 Å². The van der Waals surface area contributed by atoms with Gasteiger partial charge in [0, 0.05) is 11.6 Å². The summed E-state index contributed by atoms with van der Waals surface area (Å²) in [5.41, 5.74) is 1.64. The van der Waals surface area contributed by atoms with E-state index in [1.165, 1.54) is 12.8 Å². The lowest BCUT2D eigenvalue weighted by Gasteiger charge is -2.13. The van der Waals surface area contributed by atoms with Crippen molar-refractivity contribution in [2.45, 2.75) is 19.4 Å². The van der Waals surface area contributed by atoms with E-state index in [2.05, 4.69) is 15.4 Å². The molecule has 0 radical (unpaired) electrons. The molecule has 0 saturated carbocycles. The van der Waals surface area contributed by atoms with Gasteiger partial charge in [-0.15, -0.1) is 0 Å². The van der Waals surface area contributed by atoms with Gasteiger partial charge in [-0.1, -0.05) is 5.16 Å². The number of carbonyl (C=O) groups is 1. The first-order valence-corrected chi connectivity index (χ1v) is 7.83. The normalized spacial score (nSPS) is 14.8. The van der Waals surface area contributed by atoms with E-state index in [-0.39, 0.29) is 5.91 Å². The second-order valence-electron chi connectivity index (χ2n) is 5.67. The van der Waals surface area contributed by atoms with Gasteiger partial charge in [0.25, 0.3) is 0 Å². The highest BCUT2D eigenvalue weighted by Gasteiger charge is 2.15. The highest BCUT2D eigenvalue weighted by Crippen LogP contribution is 2.23. The van der Waals surface area contributed by atoms with E-state index in [9.17, 15) is 4.79 Å². The Morgan fingerprint density at radius 1 is 1.30 bits per heavy atom. The van der Waals surface area contributed by atoms with Gasteiger partial charge >= 0.3 is 0 Å². The number of nitrogens with zero attached hydrogens (tertiary/aromatic N) is 2. The van der Waals surface area contributed by atoms with Gasteiger partial charge in [0.1, 0.15) is 11.4 Å². The first kappa shape index (κ1) is 15.6. The zero-order valence-corrected chi connectivity index (χ0v) is 13.2. The monoisotopic (exact) mass is 315 g/mol. The molecule has 6 heteroatoms. The van der Waals surface area contributed by atoms with Crippen LogP contribution in [0.5, 0.6) is 5.75 Å². The van der Waals surface area contributed by atoms with Gasteiger partial charge < -0.3 is 14.6 Å². The van der Waals surface area contributed by atoms with Crippen molar-refractivity contribution in [3.05, 3.63) is 36.0 Å². The van der Waals surface area contributed by atoms with Crippen LogP contribution in [0.4, 0.5) is 0 Å². The zero-order chi connectivity index (χ0) is 16.1. The summed E-state index contributed by atoms with van der Waals surface area (Å²) in [5.74, 6) is 1.50. The Labute approximate surface area is 135 Å². The third-order valence-corrected chi connectivity index (χ3v) is 3.97. The Kier molecular flexibility index (Phi) is 4.92. The Hall–Kier alpha value is -2.34. The second kappa shape index (κ2) is 7.28. The summed E-state index contributed by atoms with van der Waals surface area (Å²) >= 11 is 0. The van der Waals surface area contributed by atoms with Gasteiger partial charge in [-0.25, -0.2) is 0 Å². The van der Waals surface area contributed by atoms with Crippen LogP contribution < -0.4 is 10.1 Å². The van der Waals surface area contributed by atoms with E-state index in [0.29, 0.717) is 24.5 Å². The number of aromatic nitrogens is 1. The maximum atomic E-state index is 11.9. The van der Waals surface area contributed by atoms with E-state index < -0.39 is 0 Å². The van der Waals surface area contributed by atoms with E-state index in [1.807, 2.05) is 30.3 Å². The Morgan fingerprint density at radius 2 is 2.04 bits per heavy atom. The van der Waals surface area contributed by atoms with Crippen molar-refractivity contribution in [1.82, 2.24) is 15.4 Å². The third-order valence-electron chi connectivity index (χ3n) is 3.97. The van der Waals surface area contributed by atoms with Crippen LogP contribution in [0.1, 0.15) is 18.5 Å². The molecular formula is C17H21N3O3. The molecule has 122 valence electrons. The van der Waals surface area contributed by atoms with Gasteiger partial charge in [-0.05, 0) is 50.2 Å². The minimum Gasteiger partial charge on any atom is -0.497 e. The number of carbonyl (C=O) groups excluding carboxylic acids is 1. The first-order valence-electron chi connectivity index (χ1n) is 7.83. The molecule has 6 nitrogen and oxygen atoms in total. The number of benzene rings is 1. The fourth-order valence-corrected chi connectivity index (χ4v) is 2.68. The molecule has 0 aliphatic carbocycles. The number of ether oxygens (including phenoxy) is 1. The van der Waals surface area contributed by atoms with Gasteiger partial charge in [-0.3, -0.25) is 9.69 Å². The number of amides is 1. The molecular weight excluding hydrogens is 294 g/mol. The molecule has 2 heterocycles. The SMILES string of the molecule is COc1ccc(-c2cc(CNC(=O)CN3CCCC3)no2)cc1. The van der Waals surface area contributed by atoms with Crippen molar-refractivity contribution in [2.75, 3.05) is 26.7 Å². The van der Waals surface area contributed by atoms with E-state index in [4.69, 9.17) is 9.26 Å². The summed E-state index contributed by atoms with van der Waals surface area (Å²) in [7, 11) is 1.63. The summed E-state index contributed by atoms with van der Waals surface area (Å²) in [4.78, 5) is 14.1. The van der Waals surface area contributed by atoms with Crippen LogP contribution in [-0.4, -0.2) is 42.7 Å². The third kappa shape index (κ3) is 4.10. The van der Waals surface area contributed by atoms with Crippen molar-refractivity contribution in [3.8, 4) is 17.1 Å². The van der Waals surface area contributed by atoms with Crippen molar-refractivity contribution in [2.24, 2.45) is 0 Å². The summed E-state index contributed by atoms with van der Waals surface area (Å²) < 4.78 is 10.5. The summed E-state index contributed by atoms with van der Waals surface area (Å²) in [6.07, 6.45) is 2.36. The van der Waals surface area contributed by atoms with Gasteiger partial charge in [-0.2, -0.15) is 0 Å². The van der Waals surface area contributed by atoms with Crippen LogP contribution in [0.25, 0.3) is 11.3 Å². The molecule has 3 rings (SSSR count). The average Bonchev–Trinajstić information content (AvgIpc) is 3.25. The van der Waals surface area contributed by atoms with Crippen molar-refractivity contribution in [1.29, 1.82) is 0 Å². The van der Waals surface area contributed by atoms with Crippen molar-refractivity contribution < 1.29 is 14.1 Å². The van der Waals surface area contributed by atoms with Crippen LogP contribution in [0.2, 0.25) is 0 Å². The number of hydrogen-bond donors (Lipinski definition) is 1. The second-order valence-corrected chi connectivity index (χ2v) is 5.67. The molecule has 23 heavy (non-hydrogen) atoms. The minimum absolute atomic E-state index is 0.0286. The van der Waals surface area contributed by atoms with Crippen LogP contribution in [-0.2, 0) is 11.3 Å². The van der Waals surface area contributed by atoms with Gasteiger partial charge in [0.2, 0.25) is 5.91 Å². The molecule has 2 aromatic rings. The number of nitrogens with one attached hydrogen (secondary N) is 1. The number of likely N-dealkylation sites (tertiary alicyclic amines) is 1. The van der Waals surface area contributed by atoms with Gasteiger partial charge in [0.15, 0.2) is 5.76 Å². The maximum Gasteiger partial charge on any atom is 0.234 e. The molecule has 1 aromatic carbocycles. The smallest absolute Gasteiger partial charge is 0.234 e. The molecule has 0 atom stereocenters. The van der Waals surface area contributed by atoms with E-state index >= 15 is 0 Å². The average molecular weight is 315 g/mol. The summed E-state index contributed by atoms with van der Waals surface area (Å²) in [6.45, 7) is 2.87.